The summed E-state index contributed by atoms with van der Waals surface area (Å²) in [5, 5.41) is 14.6. The van der Waals surface area contributed by atoms with Gasteiger partial charge in [-0.2, -0.15) is 4.98 Å². The molecule has 5 rings (SSSR count). The van der Waals surface area contributed by atoms with Crippen molar-refractivity contribution < 1.29 is 23.3 Å². The molecule has 2 heterocycles. The number of anilines is 1. The number of nitrogens with two attached hydrogens (primary N) is 1. The van der Waals surface area contributed by atoms with E-state index in [0.29, 0.717) is 34.0 Å². The van der Waals surface area contributed by atoms with Crippen LogP contribution < -0.4 is 10.4 Å². The molecule has 35 heavy (non-hydrogen) atoms. The number of aromatic nitrogens is 5. The minimum Gasteiger partial charge on any atom is -0.394 e. The molecule has 2 aromatic heterocycles. The molecule has 0 saturated heterocycles. The molecule has 3 atom stereocenters. The van der Waals surface area contributed by atoms with Crippen molar-refractivity contribution in [3.63, 3.8) is 0 Å². The average molecular weight is 506 g/mol. The van der Waals surface area contributed by atoms with Crippen LogP contribution in [0.4, 0.5) is 14.6 Å². The molecule has 1 aromatic carbocycles. The smallest absolute Gasteiger partial charge is 0.330 e. The first-order valence-corrected chi connectivity index (χ1v) is 13.2. The Balaban J connectivity index is 1.67. The first kappa shape index (κ1) is 24.3. The topological polar surface area (TPSA) is 103 Å². The third kappa shape index (κ3) is 4.73. The minimum absolute atomic E-state index is 0.00624. The van der Waals surface area contributed by atoms with E-state index in [1.54, 1.807) is 4.68 Å². The van der Waals surface area contributed by atoms with Gasteiger partial charge in [0.2, 0.25) is 5.52 Å². The number of hydrogen-bond acceptors (Lipinski definition) is 7. The zero-order valence-electron chi connectivity index (χ0n) is 20.0. The Labute approximate surface area is 206 Å². The van der Waals surface area contributed by atoms with Gasteiger partial charge in [-0.3, -0.25) is 0 Å². The van der Waals surface area contributed by atoms with Crippen LogP contribution in [0.1, 0.15) is 63.5 Å². The summed E-state index contributed by atoms with van der Waals surface area (Å²) in [4.78, 5) is 9.32. The van der Waals surface area contributed by atoms with Crippen LogP contribution in [0.25, 0.3) is 16.9 Å². The highest BCUT2D eigenvalue weighted by Gasteiger charge is 2.41. The molecule has 2 aliphatic rings. The van der Waals surface area contributed by atoms with E-state index < -0.39 is 11.6 Å². The molecule has 2 fully saturated rings. The standard InChI is InChI=1S/C24H31F2N6O2S/c1-3-8-35-24-28-22(27)21-23(29-24)32(19-10-15(9-13(19)2)34-7-6-33)30-31(21)20-12-18(26)17(25)11-16(20)14-4-5-14/h11-15,19,33H,3-10H2,1-2H3,(H2,27,28,29)/q+1. The van der Waals surface area contributed by atoms with Crippen molar-refractivity contribution in [2.24, 2.45) is 5.92 Å². The van der Waals surface area contributed by atoms with Gasteiger partial charge in [-0.25, -0.2) is 8.78 Å². The van der Waals surface area contributed by atoms with Crippen molar-refractivity contribution in [3.8, 4) is 5.69 Å². The van der Waals surface area contributed by atoms with Crippen molar-refractivity contribution in [1.29, 1.82) is 0 Å². The molecule has 11 heteroatoms. The Morgan fingerprint density at radius 1 is 1.23 bits per heavy atom. The van der Waals surface area contributed by atoms with Gasteiger partial charge in [-0.1, -0.05) is 30.6 Å². The van der Waals surface area contributed by atoms with Crippen molar-refractivity contribution in [1.82, 2.24) is 19.9 Å². The SMILES string of the molecule is CCCSc1nc(N)c2c(n1)[n+](C1CC(OCCO)CC1C)nn2-c1cc(F)c(F)cc1C1CC1. The van der Waals surface area contributed by atoms with Crippen molar-refractivity contribution in [3.05, 3.63) is 29.3 Å². The molecule has 2 saturated carbocycles. The van der Waals surface area contributed by atoms with Crippen LogP contribution in [0.5, 0.6) is 0 Å². The number of halogens is 2. The van der Waals surface area contributed by atoms with Crippen molar-refractivity contribution in [2.45, 2.75) is 69.2 Å². The molecular weight excluding hydrogens is 474 g/mol. The molecule has 8 nitrogen and oxygen atoms in total. The highest BCUT2D eigenvalue weighted by Crippen LogP contribution is 2.44. The van der Waals surface area contributed by atoms with E-state index in [2.05, 4.69) is 18.8 Å². The summed E-state index contributed by atoms with van der Waals surface area (Å²) in [6.07, 6.45) is 4.33. The third-order valence-corrected chi connectivity index (χ3v) is 7.84. The lowest BCUT2D eigenvalue weighted by atomic mass is 10.1. The van der Waals surface area contributed by atoms with Crippen molar-refractivity contribution in [2.75, 3.05) is 24.7 Å². The number of nitrogen functional groups attached to an aromatic ring is 1. The van der Waals surface area contributed by atoms with Gasteiger partial charge in [-0.05, 0) is 49.1 Å². The van der Waals surface area contributed by atoms with Gasteiger partial charge < -0.3 is 15.6 Å². The maximum absolute atomic E-state index is 14.4. The van der Waals surface area contributed by atoms with Crippen LogP contribution in [0.2, 0.25) is 0 Å². The number of aliphatic hydroxyl groups is 1. The lowest BCUT2D eigenvalue weighted by Crippen LogP contribution is -2.44. The molecule has 0 aliphatic heterocycles. The van der Waals surface area contributed by atoms with Crippen LogP contribution in [0.15, 0.2) is 17.3 Å². The fraction of sp³-hybridized carbons (Fsp3) is 0.583. The fourth-order valence-corrected chi connectivity index (χ4v) is 5.66. The van der Waals surface area contributed by atoms with Crippen molar-refractivity contribution >= 4 is 28.7 Å². The number of benzene rings is 1. The molecule has 0 radical (unpaired) electrons. The van der Waals surface area contributed by atoms with Gasteiger partial charge in [0.25, 0.3) is 5.16 Å². The van der Waals surface area contributed by atoms with Gasteiger partial charge >= 0.3 is 5.65 Å². The molecule has 3 N–H and O–H groups in total. The molecular formula is C24H31F2N6O2S+. The maximum atomic E-state index is 14.4. The van der Waals surface area contributed by atoms with E-state index in [4.69, 9.17) is 25.8 Å². The normalized spacial score (nSPS) is 22.4. The highest BCUT2D eigenvalue weighted by atomic mass is 32.2. The number of rotatable bonds is 9. The second-order valence-electron chi connectivity index (χ2n) is 9.49. The number of fused-ring (bicyclic) bond motifs is 1. The molecule has 188 valence electrons. The van der Waals surface area contributed by atoms with Gasteiger partial charge in [0, 0.05) is 23.5 Å². The molecule has 0 amide bonds. The Kier molecular flexibility index (Phi) is 6.91. The van der Waals surface area contributed by atoms with Crippen LogP contribution in [-0.4, -0.2) is 50.0 Å². The van der Waals surface area contributed by atoms with Gasteiger partial charge in [0.1, 0.15) is 11.7 Å². The number of thioether (sulfide) groups is 1. The summed E-state index contributed by atoms with van der Waals surface area (Å²) in [6, 6.07) is 2.44. The Morgan fingerprint density at radius 3 is 2.71 bits per heavy atom. The number of hydrogen-bond donors (Lipinski definition) is 2. The first-order valence-electron chi connectivity index (χ1n) is 12.2. The van der Waals surface area contributed by atoms with E-state index in [0.717, 1.165) is 31.4 Å². The van der Waals surface area contributed by atoms with E-state index in [9.17, 15) is 8.78 Å². The largest absolute Gasteiger partial charge is 0.394 e. The Hall–Kier alpha value is -2.37. The number of nitrogens with zero attached hydrogens (tertiary/aromatic N) is 5. The summed E-state index contributed by atoms with van der Waals surface area (Å²) in [7, 11) is 0. The first-order chi connectivity index (χ1) is 16.9. The minimum atomic E-state index is -0.930. The zero-order chi connectivity index (χ0) is 24.7. The summed E-state index contributed by atoms with van der Waals surface area (Å²) in [5.41, 5.74) is 8.71. The predicted molar refractivity (Wildman–Crippen MR) is 128 cm³/mol. The maximum Gasteiger partial charge on any atom is 0.330 e. The number of aliphatic hydroxyl groups excluding tert-OH is 1. The molecule has 2 aliphatic carbocycles. The monoisotopic (exact) mass is 505 g/mol. The Morgan fingerprint density at radius 2 is 2.00 bits per heavy atom. The zero-order valence-corrected chi connectivity index (χ0v) is 20.8. The fourth-order valence-electron chi connectivity index (χ4n) is 4.96. The van der Waals surface area contributed by atoms with E-state index in [-0.39, 0.29) is 43.0 Å². The number of ether oxygens (including phenoxy) is 1. The molecule has 3 unspecified atom stereocenters. The quantitative estimate of drug-likeness (QED) is 0.260. The predicted octanol–water partition coefficient (Wildman–Crippen LogP) is 3.69. The molecule has 0 spiro atoms. The summed E-state index contributed by atoms with van der Waals surface area (Å²) in [6.45, 7) is 4.48. The lowest BCUT2D eigenvalue weighted by molar-refractivity contribution is -0.762. The Bertz CT molecular complexity index is 1230. The summed E-state index contributed by atoms with van der Waals surface area (Å²) >= 11 is 1.53. The second-order valence-corrected chi connectivity index (χ2v) is 10.6. The summed E-state index contributed by atoms with van der Waals surface area (Å²) < 4.78 is 37.9. The van der Waals surface area contributed by atoms with Gasteiger partial charge in [0.05, 0.1) is 19.3 Å². The van der Waals surface area contributed by atoms with Crippen LogP contribution in [0.3, 0.4) is 0 Å². The van der Waals surface area contributed by atoms with E-state index in [1.807, 2.05) is 4.68 Å². The van der Waals surface area contributed by atoms with Gasteiger partial charge in [0.15, 0.2) is 17.5 Å². The molecule has 3 aromatic rings. The third-order valence-electron chi connectivity index (χ3n) is 6.79. The van der Waals surface area contributed by atoms with Crippen LogP contribution in [0, 0.1) is 17.6 Å². The van der Waals surface area contributed by atoms with E-state index in [1.165, 1.54) is 23.9 Å². The average Bonchev–Trinajstić information content (AvgIpc) is 3.52. The van der Waals surface area contributed by atoms with Crippen LogP contribution >= 0.6 is 11.8 Å². The second kappa shape index (κ2) is 9.94. The highest BCUT2D eigenvalue weighted by molar-refractivity contribution is 7.99. The molecule has 0 bridgehead atoms. The summed E-state index contributed by atoms with van der Waals surface area (Å²) in [5.74, 6) is -0.297. The van der Waals surface area contributed by atoms with Crippen LogP contribution in [-0.2, 0) is 4.74 Å². The van der Waals surface area contributed by atoms with Gasteiger partial charge in [-0.15, -0.1) is 9.36 Å². The lowest BCUT2D eigenvalue weighted by Gasteiger charge is -2.11. The van der Waals surface area contributed by atoms with E-state index >= 15 is 0 Å².